The number of ether oxygens (including phenoxy) is 1. The van der Waals surface area contributed by atoms with Crippen molar-refractivity contribution in [3.63, 3.8) is 0 Å². The molecule has 21 heavy (non-hydrogen) atoms. The Morgan fingerprint density at radius 2 is 1.86 bits per heavy atom. The van der Waals surface area contributed by atoms with E-state index < -0.39 is 0 Å². The quantitative estimate of drug-likeness (QED) is 0.884. The molecule has 0 unspecified atom stereocenters. The smallest absolute Gasteiger partial charge is 0.125 e. The summed E-state index contributed by atoms with van der Waals surface area (Å²) in [6, 6.07) is 0. The first kappa shape index (κ1) is 16.9. The van der Waals surface area contributed by atoms with Crippen LogP contribution in [0.3, 0.4) is 0 Å². The number of nitrogens with two attached hydrogens (primary N) is 1. The Kier molecular flexibility index (Phi) is 5.11. The monoisotopic (exact) mass is 310 g/mol. The van der Waals surface area contributed by atoms with Crippen LogP contribution >= 0.6 is 11.3 Å². The summed E-state index contributed by atoms with van der Waals surface area (Å²) in [6.45, 7) is 9.75. The molecule has 0 amide bonds. The van der Waals surface area contributed by atoms with E-state index in [4.69, 9.17) is 15.5 Å². The van der Waals surface area contributed by atoms with Crippen molar-refractivity contribution in [2.45, 2.75) is 71.9 Å². The summed E-state index contributed by atoms with van der Waals surface area (Å²) in [6.07, 6.45) is 5.52. The third-order valence-electron chi connectivity index (χ3n) is 4.76. The van der Waals surface area contributed by atoms with Crippen LogP contribution in [0.1, 0.15) is 69.0 Å². The molecule has 0 atom stereocenters. The van der Waals surface area contributed by atoms with E-state index in [9.17, 15) is 0 Å². The molecule has 120 valence electrons. The molecule has 1 aliphatic rings. The molecule has 2 rings (SSSR count). The van der Waals surface area contributed by atoms with E-state index in [-0.39, 0.29) is 5.60 Å². The summed E-state index contributed by atoms with van der Waals surface area (Å²) < 4.78 is 5.98. The van der Waals surface area contributed by atoms with Crippen LogP contribution in [0.4, 0.5) is 0 Å². The number of nitrogens with zero attached hydrogens (tertiary/aromatic N) is 1. The first-order valence-corrected chi connectivity index (χ1v) is 8.88. The second-order valence-corrected chi connectivity index (χ2v) is 8.64. The third kappa shape index (κ3) is 3.66. The molecule has 3 nitrogen and oxygen atoms in total. The Morgan fingerprint density at radius 1 is 1.24 bits per heavy atom. The number of aromatic nitrogens is 1. The van der Waals surface area contributed by atoms with Gasteiger partial charge in [-0.15, -0.1) is 11.3 Å². The predicted octanol–water partition coefficient (Wildman–Crippen LogP) is 4.24. The lowest BCUT2D eigenvalue weighted by Gasteiger charge is -2.41. The minimum atomic E-state index is -0.181. The van der Waals surface area contributed by atoms with Gasteiger partial charge in [0.2, 0.25) is 0 Å². The summed E-state index contributed by atoms with van der Waals surface area (Å²) in [5.74, 6) is 0.606. The lowest BCUT2D eigenvalue weighted by molar-refractivity contribution is -0.0668. The van der Waals surface area contributed by atoms with Crippen LogP contribution in [0.2, 0.25) is 0 Å². The Bertz CT molecular complexity index is 469. The molecule has 2 N–H and O–H groups in total. The van der Waals surface area contributed by atoms with Gasteiger partial charge in [-0.25, -0.2) is 4.98 Å². The molecule has 0 aromatic carbocycles. The van der Waals surface area contributed by atoms with E-state index in [0.29, 0.717) is 17.9 Å². The molecule has 0 radical (unpaired) electrons. The average Bonchev–Trinajstić information content (AvgIpc) is 2.82. The van der Waals surface area contributed by atoms with Gasteiger partial charge in [0.15, 0.2) is 0 Å². The Morgan fingerprint density at radius 3 is 2.33 bits per heavy atom. The van der Waals surface area contributed by atoms with Crippen molar-refractivity contribution in [2.75, 3.05) is 7.11 Å². The van der Waals surface area contributed by atoms with Crippen LogP contribution in [0.5, 0.6) is 0 Å². The topological polar surface area (TPSA) is 48.1 Å². The Labute approximate surface area is 133 Å². The van der Waals surface area contributed by atoms with Crippen molar-refractivity contribution >= 4 is 11.3 Å². The molecule has 0 bridgehead atoms. The number of hydrogen-bond donors (Lipinski definition) is 1. The molecular formula is C17H30N2OS. The molecule has 0 saturated heterocycles. The normalized spacial score (nSPS) is 20.9. The maximum atomic E-state index is 5.98. The maximum absolute atomic E-state index is 5.98. The lowest BCUT2D eigenvalue weighted by atomic mass is 9.71. The van der Waals surface area contributed by atoms with Crippen LogP contribution in [-0.2, 0) is 23.3 Å². The Hall–Kier alpha value is -0.450. The van der Waals surface area contributed by atoms with Gasteiger partial charge in [0, 0.05) is 18.5 Å². The van der Waals surface area contributed by atoms with Crippen LogP contribution in [0.15, 0.2) is 0 Å². The summed E-state index contributed by atoms with van der Waals surface area (Å²) in [5, 5.41) is 1.15. The number of thiazole rings is 1. The second-order valence-electron chi connectivity index (χ2n) is 7.55. The maximum Gasteiger partial charge on any atom is 0.125 e. The highest BCUT2D eigenvalue weighted by Crippen LogP contribution is 2.48. The first-order valence-electron chi connectivity index (χ1n) is 8.06. The van der Waals surface area contributed by atoms with Gasteiger partial charge in [0.1, 0.15) is 10.6 Å². The van der Waals surface area contributed by atoms with Gasteiger partial charge in [-0.1, -0.05) is 27.7 Å². The minimum Gasteiger partial charge on any atom is -0.371 e. The van der Waals surface area contributed by atoms with Gasteiger partial charge >= 0.3 is 0 Å². The SMILES string of the molecule is COC1(c2nc(CC(C)C)c(CN)s2)CCC(C)(C)CC1. The average molecular weight is 311 g/mol. The van der Waals surface area contributed by atoms with Crippen molar-refractivity contribution in [3.05, 3.63) is 15.6 Å². The van der Waals surface area contributed by atoms with E-state index in [2.05, 4.69) is 27.7 Å². The van der Waals surface area contributed by atoms with Gasteiger partial charge in [-0.2, -0.15) is 0 Å². The second kappa shape index (κ2) is 6.35. The molecule has 4 heteroatoms. The predicted molar refractivity (Wildman–Crippen MR) is 89.5 cm³/mol. The molecule has 1 aliphatic carbocycles. The summed E-state index contributed by atoms with van der Waals surface area (Å²) in [5.41, 5.74) is 7.36. The highest BCUT2D eigenvalue weighted by Gasteiger charge is 2.42. The van der Waals surface area contributed by atoms with E-state index in [0.717, 1.165) is 24.3 Å². The molecular weight excluding hydrogens is 280 g/mol. The number of hydrogen-bond acceptors (Lipinski definition) is 4. The van der Waals surface area contributed by atoms with Crippen LogP contribution in [0.25, 0.3) is 0 Å². The summed E-state index contributed by atoms with van der Waals surface area (Å²) in [7, 11) is 1.84. The van der Waals surface area contributed by atoms with Gasteiger partial charge in [0.05, 0.1) is 5.69 Å². The first-order chi connectivity index (χ1) is 9.82. The highest BCUT2D eigenvalue weighted by molar-refractivity contribution is 7.11. The Balaban J connectivity index is 2.28. The zero-order valence-corrected chi connectivity index (χ0v) is 15.0. The van der Waals surface area contributed by atoms with E-state index in [1.807, 2.05) is 7.11 Å². The van der Waals surface area contributed by atoms with E-state index >= 15 is 0 Å². The summed E-state index contributed by atoms with van der Waals surface area (Å²) >= 11 is 1.77. The van der Waals surface area contributed by atoms with Crippen molar-refractivity contribution in [1.82, 2.24) is 4.98 Å². The zero-order chi connectivity index (χ0) is 15.7. The molecule has 1 heterocycles. The molecule has 1 aromatic rings. The molecule has 1 saturated carbocycles. The van der Waals surface area contributed by atoms with Gasteiger partial charge < -0.3 is 10.5 Å². The molecule has 1 fully saturated rings. The molecule has 0 aliphatic heterocycles. The fraction of sp³-hybridized carbons (Fsp3) is 0.824. The fourth-order valence-electron chi connectivity index (χ4n) is 3.12. The van der Waals surface area contributed by atoms with Crippen LogP contribution in [-0.4, -0.2) is 12.1 Å². The standard InChI is InChI=1S/C17H30N2OS/c1-12(2)10-13-14(11-18)21-15(19-13)17(20-5)8-6-16(3,4)7-9-17/h12H,6-11,18H2,1-5H3. The molecule has 0 spiro atoms. The van der Waals surface area contributed by atoms with E-state index in [1.54, 1.807) is 11.3 Å². The lowest BCUT2D eigenvalue weighted by Crippen LogP contribution is -2.36. The van der Waals surface area contributed by atoms with Gasteiger partial charge in [0.25, 0.3) is 0 Å². The van der Waals surface area contributed by atoms with Crippen LogP contribution in [0, 0.1) is 11.3 Å². The largest absolute Gasteiger partial charge is 0.371 e. The van der Waals surface area contributed by atoms with Crippen molar-refractivity contribution in [2.24, 2.45) is 17.1 Å². The number of rotatable bonds is 5. The highest BCUT2D eigenvalue weighted by atomic mass is 32.1. The van der Waals surface area contributed by atoms with Crippen molar-refractivity contribution < 1.29 is 4.74 Å². The van der Waals surface area contributed by atoms with E-state index in [1.165, 1.54) is 23.4 Å². The van der Waals surface area contributed by atoms with Crippen LogP contribution < -0.4 is 5.73 Å². The van der Waals surface area contributed by atoms with Gasteiger partial charge in [-0.3, -0.25) is 0 Å². The minimum absolute atomic E-state index is 0.181. The fourth-order valence-corrected chi connectivity index (χ4v) is 4.31. The van der Waals surface area contributed by atoms with Crippen molar-refractivity contribution in [1.29, 1.82) is 0 Å². The number of methoxy groups -OCH3 is 1. The third-order valence-corrected chi connectivity index (χ3v) is 6.06. The van der Waals surface area contributed by atoms with Crippen molar-refractivity contribution in [3.8, 4) is 0 Å². The molecule has 1 aromatic heterocycles. The van der Waals surface area contributed by atoms with Gasteiger partial charge in [-0.05, 0) is 43.4 Å². The zero-order valence-electron chi connectivity index (χ0n) is 14.2. The summed E-state index contributed by atoms with van der Waals surface area (Å²) in [4.78, 5) is 6.19.